The number of rotatable bonds is 11. The van der Waals surface area contributed by atoms with E-state index in [1.54, 1.807) is 0 Å². The molecule has 0 spiro atoms. The summed E-state index contributed by atoms with van der Waals surface area (Å²) < 4.78 is 1.32. The van der Waals surface area contributed by atoms with Crippen molar-refractivity contribution in [2.24, 2.45) is 0 Å². The van der Waals surface area contributed by atoms with Gasteiger partial charge in [-0.3, -0.25) is 14.4 Å². The van der Waals surface area contributed by atoms with E-state index in [4.69, 9.17) is 0 Å². The molecule has 12 heteroatoms. The maximum Gasteiger partial charge on any atom is 0.305 e. The lowest BCUT2D eigenvalue weighted by atomic mass is 10.1. The number of carbonyl (C=O) groups is 3. The van der Waals surface area contributed by atoms with Gasteiger partial charge in [0, 0.05) is 30.4 Å². The van der Waals surface area contributed by atoms with Crippen LogP contribution in [0.4, 0.5) is 10.5 Å². The smallest absolute Gasteiger partial charge is 0.305 e. The van der Waals surface area contributed by atoms with Crippen LogP contribution in [0.1, 0.15) is 23.1 Å². The number of aryl methyl sites for hydroxylation is 2. The first-order chi connectivity index (χ1) is 17.1. The van der Waals surface area contributed by atoms with Crippen LogP contribution in [-0.2, 0) is 21.9 Å². The Balaban J connectivity index is 1.69. The van der Waals surface area contributed by atoms with E-state index in [-0.39, 0.29) is 6.54 Å². The Bertz CT molecular complexity index is 1210. The van der Waals surface area contributed by atoms with Crippen molar-refractivity contribution in [3.8, 4) is 0 Å². The Morgan fingerprint density at radius 1 is 1.11 bits per heavy atom. The molecule has 0 aliphatic rings. The molecule has 1 heterocycles. The molecule has 190 valence electrons. The SMILES string of the molecule is Cc1cc(N(C)C)cc(C)c1Sc1nnnn1CC(=O)C(CC(=O)O)NC(=O)SCc1ccccc1. The summed E-state index contributed by atoms with van der Waals surface area (Å²) in [6.07, 6.45) is -0.536. The number of ketones is 1. The predicted octanol–water partition coefficient (Wildman–Crippen LogP) is 3.56. The Kier molecular flexibility index (Phi) is 9.48. The number of nitrogens with zero attached hydrogens (tertiary/aromatic N) is 5. The van der Waals surface area contributed by atoms with Gasteiger partial charge in [-0.25, -0.2) is 4.68 Å². The second kappa shape index (κ2) is 12.5. The van der Waals surface area contributed by atoms with E-state index in [2.05, 4.69) is 33.0 Å². The minimum Gasteiger partial charge on any atom is -0.481 e. The number of thioether (sulfide) groups is 1. The number of carboxylic acids is 1. The average molecular weight is 529 g/mol. The molecule has 0 aliphatic heterocycles. The quantitative estimate of drug-likeness (QED) is 0.381. The molecule has 0 bridgehead atoms. The van der Waals surface area contributed by atoms with Crippen molar-refractivity contribution in [3.63, 3.8) is 0 Å². The average Bonchev–Trinajstić information content (AvgIpc) is 3.26. The fourth-order valence-corrected chi connectivity index (χ4v) is 5.01. The number of hydrogen-bond donors (Lipinski definition) is 2. The molecule has 0 saturated carbocycles. The van der Waals surface area contributed by atoms with Crippen molar-refractivity contribution >= 4 is 46.2 Å². The van der Waals surface area contributed by atoms with Crippen LogP contribution in [0.25, 0.3) is 0 Å². The summed E-state index contributed by atoms with van der Waals surface area (Å²) in [4.78, 5) is 39.8. The maximum absolute atomic E-state index is 13.0. The first-order valence-corrected chi connectivity index (χ1v) is 12.9. The third-order valence-corrected chi connectivity index (χ3v) is 7.41. The zero-order valence-corrected chi connectivity index (χ0v) is 22.1. The Hall–Kier alpha value is -3.38. The van der Waals surface area contributed by atoms with Gasteiger partial charge in [0.2, 0.25) is 5.16 Å². The minimum atomic E-state index is -1.21. The van der Waals surface area contributed by atoms with Crippen LogP contribution in [0.15, 0.2) is 52.5 Å². The summed E-state index contributed by atoms with van der Waals surface area (Å²) in [5.74, 6) is -1.29. The second-order valence-electron chi connectivity index (χ2n) is 8.35. The van der Waals surface area contributed by atoms with Gasteiger partial charge in [-0.1, -0.05) is 42.1 Å². The number of anilines is 1. The van der Waals surface area contributed by atoms with Crippen LogP contribution >= 0.6 is 23.5 Å². The van der Waals surface area contributed by atoms with E-state index >= 15 is 0 Å². The molecule has 1 amide bonds. The number of aromatic nitrogens is 4. The first kappa shape index (κ1) is 27.2. The van der Waals surface area contributed by atoms with Gasteiger partial charge in [-0.05, 0) is 64.9 Å². The first-order valence-electron chi connectivity index (χ1n) is 11.1. The van der Waals surface area contributed by atoms with E-state index < -0.39 is 29.5 Å². The van der Waals surface area contributed by atoms with Crippen molar-refractivity contribution < 1.29 is 19.5 Å². The molecule has 0 saturated heterocycles. The summed E-state index contributed by atoms with van der Waals surface area (Å²) in [5, 5.41) is 23.4. The van der Waals surface area contributed by atoms with Gasteiger partial charge in [0.1, 0.15) is 12.6 Å². The molecule has 0 aliphatic carbocycles. The van der Waals surface area contributed by atoms with Gasteiger partial charge in [0.15, 0.2) is 5.78 Å². The Labute approximate surface area is 217 Å². The highest BCUT2D eigenvalue weighted by molar-refractivity contribution is 8.12. The van der Waals surface area contributed by atoms with E-state index in [1.165, 1.54) is 16.4 Å². The number of nitrogens with one attached hydrogen (secondary N) is 1. The molecule has 2 aromatic carbocycles. The van der Waals surface area contributed by atoms with Crippen molar-refractivity contribution in [1.82, 2.24) is 25.5 Å². The van der Waals surface area contributed by atoms with Crippen LogP contribution in [0.2, 0.25) is 0 Å². The highest BCUT2D eigenvalue weighted by Gasteiger charge is 2.26. The minimum absolute atomic E-state index is 0.273. The Morgan fingerprint density at radius 3 is 2.39 bits per heavy atom. The molecular formula is C24H28N6O4S2. The summed E-state index contributed by atoms with van der Waals surface area (Å²) in [6, 6.07) is 12.3. The van der Waals surface area contributed by atoms with Crippen molar-refractivity contribution in [3.05, 3.63) is 59.2 Å². The number of amides is 1. The zero-order valence-electron chi connectivity index (χ0n) is 20.5. The molecule has 0 radical (unpaired) electrons. The molecule has 2 N–H and O–H groups in total. The molecule has 0 fully saturated rings. The largest absolute Gasteiger partial charge is 0.481 e. The molecule has 3 aromatic rings. The predicted molar refractivity (Wildman–Crippen MR) is 139 cm³/mol. The van der Waals surface area contributed by atoms with Crippen LogP contribution in [0.3, 0.4) is 0 Å². The molecule has 36 heavy (non-hydrogen) atoms. The fraction of sp³-hybridized carbons (Fsp3) is 0.333. The molecule has 1 atom stereocenters. The number of carboxylic acid groups (broad SMARTS) is 1. The summed E-state index contributed by atoms with van der Waals surface area (Å²) >= 11 is 2.30. The van der Waals surface area contributed by atoms with E-state index in [0.717, 1.165) is 39.0 Å². The van der Waals surface area contributed by atoms with E-state index in [9.17, 15) is 19.5 Å². The van der Waals surface area contributed by atoms with Gasteiger partial charge in [-0.2, -0.15) is 0 Å². The van der Waals surface area contributed by atoms with Crippen molar-refractivity contribution in [1.29, 1.82) is 0 Å². The normalized spacial score (nSPS) is 11.7. The molecule has 10 nitrogen and oxygen atoms in total. The number of Topliss-reactive ketones (excluding diaryl/α,β-unsaturated/α-hetero) is 1. The standard InChI is InChI=1S/C24H28N6O4S2/c1-15-10-18(29(3)4)11-16(2)22(15)36-23-26-27-28-30(23)13-20(31)19(12-21(32)33)25-24(34)35-14-17-8-6-5-7-9-17/h5-11,19H,12-14H2,1-4H3,(H,25,34)(H,32,33). The van der Waals surface area contributed by atoms with Crippen LogP contribution < -0.4 is 10.2 Å². The second-order valence-corrected chi connectivity index (χ2v) is 10.3. The number of tetrazole rings is 1. The fourth-order valence-electron chi connectivity index (χ4n) is 3.39. The van der Waals surface area contributed by atoms with Crippen LogP contribution in [0, 0.1) is 13.8 Å². The summed E-state index contributed by atoms with van der Waals surface area (Å²) in [7, 11) is 3.94. The van der Waals surface area contributed by atoms with Crippen LogP contribution in [0.5, 0.6) is 0 Å². The van der Waals surface area contributed by atoms with Crippen molar-refractivity contribution in [2.45, 2.75) is 48.7 Å². The summed E-state index contributed by atoms with van der Waals surface area (Å²) in [6.45, 7) is 3.71. The number of aliphatic carboxylic acids is 1. The van der Waals surface area contributed by atoms with Gasteiger partial charge >= 0.3 is 5.97 Å². The van der Waals surface area contributed by atoms with Crippen molar-refractivity contribution in [2.75, 3.05) is 19.0 Å². The third kappa shape index (κ3) is 7.56. The topological polar surface area (TPSA) is 130 Å². The van der Waals surface area contributed by atoms with E-state index in [1.807, 2.05) is 63.2 Å². The molecule has 1 unspecified atom stereocenters. The maximum atomic E-state index is 13.0. The number of carbonyl (C=O) groups excluding carboxylic acids is 2. The van der Waals surface area contributed by atoms with Gasteiger partial charge in [0.05, 0.1) is 6.42 Å². The highest BCUT2D eigenvalue weighted by atomic mass is 32.2. The lowest BCUT2D eigenvalue weighted by Gasteiger charge is -2.18. The lowest BCUT2D eigenvalue weighted by Crippen LogP contribution is -2.42. The lowest BCUT2D eigenvalue weighted by molar-refractivity contribution is -0.139. The van der Waals surface area contributed by atoms with Gasteiger partial charge < -0.3 is 15.3 Å². The van der Waals surface area contributed by atoms with Gasteiger partial charge in [0.25, 0.3) is 5.24 Å². The van der Waals surface area contributed by atoms with Gasteiger partial charge in [-0.15, -0.1) is 5.10 Å². The zero-order chi connectivity index (χ0) is 26.2. The van der Waals surface area contributed by atoms with E-state index in [0.29, 0.717) is 10.9 Å². The number of hydrogen-bond acceptors (Lipinski definition) is 9. The molecule has 1 aromatic heterocycles. The monoisotopic (exact) mass is 528 g/mol. The van der Waals surface area contributed by atoms with Crippen LogP contribution in [-0.4, -0.2) is 62.4 Å². The third-order valence-electron chi connectivity index (χ3n) is 5.23. The Morgan fingerprint density at radius 2 is 1.78 bits per heavy atom. The molecular weight excluding hydrogens is 500 g/mol. The highest BCUT2D eigenvalue weighted by Crippen LogP contribution is 2.34. The molecule has 3 rings (SSSR count). The number of benzene rings is 2. The summed E-state index contributed by atoms with van der Waals surface area (Å²) in [5.41, 5.74) is 4.09.